The molecule has 1 heterocycles. The van der Waals surface area contributed by atoms with Crippen molar-refractivity contribution in [2.45, 2.75) is 10.4 Å². The predicted octanol–water partition coefficient (Wildman–Crippen LogP) is 3.41. The summed E-state index contributed by atoms with van der Waals surface area (Å²) in [7, 11) is 0. The maximum atomic E-state index is 9.47. The molecular formula is C7H4Cl5NO2. The van der Waals surface area contributed by atoms with Gasteiger partial charge in [-0.3, -0.25) is 0 Å². The van der Waals surface area contributed by atoms with Crippen molar-refractivity contribution in [3.63, 3.8) is 0 Å². The van der Waals surface area contributed by atoms with Gasteiger partial charge in [0, 0.05) is 0 Å². The lowest BCUT2D eigenvalue weighted by Crippen LogP contribution is -2.08. The molecular weight excluding hydrogens is 307 g/mol. The van der Waals surface area contributed by atoms with E-state index in [1.807, 2.05) is 0 Å². The molecule has 0 saturated heterocycles. The first-order chi connectivity index (χ1) is 6.79. The fraction of sp³-hybridized carbons (Fsp3) is 0.286. The Bertz CT molecular complexity index is 390. The topological polar surface area (TPSA) is 53.4 Å². The number of hydrogen-bond acceptors (Lipinski definition) is 3. The SMILES string of the molecule is OCc1nc(C(Cl)(Cl)Cl)c(Cl)c(O)c1Cl. The quantitative estimate of drug-likeness (QED) is 0.782. The molecule has 0 radical (unpaired) electrons. The van der Waals surface area contributed by atoms with Gasteiger partial charge in [0.15, 0.2) is 5.75 Å². The zero-order valence-electron chi connectivity index (χ0n) is 6.94. The Hall–Kier alpha value is 0.360. The van der Waals surface area contributed by atoms with Gasteiger partial charge in [0.25, 0.3) is 0 Å². The number of aliphatic hydroxyl groups is 1. The van der Waals surface area contributed by atoms with E-state index in [4.69, 9.17) is 63.1 Å². The van der Waals surface area contributed by atoms with Crippen LogP contribution in [0.5, 0.6) is 5.75 Å². The zero-order valence-corrected chi connectivity index (χ0v) is 10.7. The molecule has 0 aromatic carbocycles. The minimum atomic E-state index is -1.90. The second-order valence-corrected chi connectivity index (χ2v) is 5.58. The lowest BCUT2D eigenvalue weighted by Gasteiger charge is -2.15. The molecule has 0 aliphatic heterocycles. The molecule has 8 heteroatoms. The number of halogens is 5. The van der Waals surface area contributed by atoms with E-state index in [1.54, 1.807) is 0 Å². The lowest BCUT2D eigenvalue weighted by atomic mass is 10.3. The van der Waals surface area contributed by atoms with Crippen molar-refractivity contribution in [1.29, 1.82) is 0 Å². The smallest absolute Gasteiger partial charge is 0.234 e. The second-order valence-electron chi connectivity index (χ2n) is 2.54. The Morgan fingerprint density at radius 2 is 1.67 bits per heavy atom. The van der Waals surface area contributed by atoms with Gasteiger partial charge in [0.1, 0.15) is 15.7 Å². The number of pyridine rings is 1. The molecule has 0 amide bonds. The van der Waals surface area contributed by atoms with Crippen LogP contribution < -0.4 is 0 Å². The molecule has 3 nitrogen and oxygen atoms in total. The van der Waals surface area contributed by atoms with Crippen LogP contribution in [-0.4, -0.2) is 15.2 Å². The molecule has 0 bridgehead atoms. The summed E-state index contributed by atoms with van der Waals surface area (Å²) in [6.45, 7) is -0.503. The highest BCUT2D eigenvalue weighted by atomic mass is 35.6. The lowest BCUT2D eigenvalue weighted by molar-refractivity contribution is 0.276. The molecule has 0 unspecified atom stereocenters. The molecule has 0 saturated carbocycles. The largest absolute Gasteiger partial charge is 0.505 e. The number of aromatic nitrogens is 1. The highest BCUT2D eigenvalue weighted by Gasteiger charge is 2.31. The molecule has 0 spiro atoms. The number of hydrogen-bond donors (Lipinski definition) is 2. The molecule has 84 valence electrons. The summed E-state index contributed by atoms with van der Waals surface area (Å²) in [4.78, 5) is 3.75. The van der Waals surface area contributed by atoms with Gasteiger partial charge >= 0.3 is 0 Å². The number of aromatic hydroxyl groups is 1. The van der Waals surface area contributed by atoms with Crippen LogP contribution in [0.3, 0.4) is 0 Å². The normalized spacial score (nSPS) is 11.9. The average Bonchev–Trinajstić information content (AvgIpc) is 2.13. The first-order valence-corrected chi connectivity index (χ1v) is 5.43. The van der Waals surface area contributed by atoms with Crippen molar-refractivity contribution < 1.29 is 10.2 Å². The molecule has 1 aromatic heterocycles. The molecule has 2 N–H and O–H groups in total. The molecule has 1 rings (SSSR count). The van der Waals surface area contributed by atoms with Crippen molar-refractivity contribution >= 4 is 58.0 Å². The van der Waals surface area contributed by atoms with Crippen LogP contribution in [0, 0.1) is 0 Å². The van der Waals surface area contributed by atoms with Gasteiger partial charge in [-0.05, 0) is 0 Å². The third kappa shape index (κ3) is 2.73. The monoisotopic (exact) mass is 309 g/mol. The van der Waals surface area contributed by atoms with Crippen molar-refractivity contribution in [3.05, 3.63) is 21.4 Å². The van der Waals surface area contributed by atoms with E-state index in [1.165, 1.54) is 0 Å². The van der Waals surface area contributed by atoms with Crippen molar-refractivity contribution in [3.8, 4) is 5.75 Å². The second kappa shape index (κ2) is 4.70. The summed E-state index contributed by atoms with van der Waals surface area (Å²) in [5.74, 6) is -0.473. The average molecular weight is 311 g/mol. The maximum absolute atomic E-state index is 9.47. The van der Waals surface area contributed by atoms with Gasteiger partial charge in [-0.15, -0.1) is 0 Å². The standard InChI is InChI=1S/C7H4Cl5NO2/c8-3-2(1-14)13-6(7(10,11)12)4(9)5(3)15/h14H,1H2,(H,13,15). The fourth-order valence-electron chi connectivity index (χ4n) is 0.871. The third-order valence-corrected chi connectivity index (χ3v) is 2.83. The summed E-state index contributed by atoms with van der Waals surface area (Å²) >= 11 is 28.0. The Kier molecular flexibility index (Phi) is 4.20. The van der Waals surface area contributed by atoms with Gasteiger partial charge < -0.3 is 10.2 Å². The van der Waals surface area contributed by atoms with E-state index in [9.17, 15) is 5.11 Å². The van der Waals surface area contributed by atoms with Crippen LogP contribution in [0.1, 0.15) is 11.4 Å². The van der Waals surface area contributed by atoms with Gasteiger partial charge in [-0.25, -0.2) is 4.98 Å². The van der Waals surface area contributed by atoms with Gasteiger partial charge in [-0.1, -0.05) is 58.0 Å². The van der Waals surface area contributed by atoms with Gasteiger partial charge in [0.2, 0.25) is 3.79 Å². The first-order valence-electron chi connectivity index (χ1n) is 3.54. The van der Waals surface area contributed by atoms with Crippen molar-refractivity contribution in [1.82, 2.24) is 4.98 Å². The summed E-state index contributed by atoms with van der Waals surface area (Å²) in [6.07, 6.45) is 0. The van der Waals surface area contributed by atoms with Crippen LogP contribution in [0.4, 0.5) is 0 Å². The van der Waals surface area contributed by atoms with Crippen LogP contribution in [0.2, 0.25) is 10.0 Å². The van der Waals surface area contributed by atoms with Crippen molar-refractivity contribution in [2.24, 2.45) is 0 Å². The van der Waals surface area contributed by atoms with Crippen LogP contribution in [-0.2, 0) is 10.4 Å². The molecule has 0 fully saturated rings. The number of alkyl halides is 3. The van der Waals surface area contributed by atoms with E-state index in [0.29, 0.717) is 0 Å². The van der Waals surface area contributed by atoms with E-state index in [-0.39, 0.29) is 21.4 Å². The van der Waals surface area contributed by atoms with Crippen molar-refractivity contribution in [2.75, 3.05) is 0 Å². The molecule has 15 heavy (non-hydrogen) atoms. The molecule has 0 aliphatic rings. The molecule has 0 aliphatic carbocycles. The first kappa shape index (κ1) is 13.4. The third-order valence-electron chi connectivity index (χ3n) is 1.54. The number of rotatable bonds is 1. The predicted molar refractivity (Wildman–Crippen MR) is 61.1 cm³/mol. The highest BCUT2D eigenvalue weighted by molar-refractivity contribution is 6.67. The van der Waals surface area contributed by atoms with E-state index >= 15 is 0 Å². The van der Waals surface area contributed by atoms with Gasteiger partial charge in [0.05, 0.1) is 12.3 Å². The Morgan fingerprint density at radius 3 is 2.07 bits per heavy atom. The molecule has 1 aromatic rings. The maximum Gasteiger partial charge on any atom is 0.234 e. The summed E-state index contributed by atoms with van der Waals surface area (Å²) < 4.78 is -1.90. The van der Waals surface area contributed by atoms with E-state index in [0.717, 1.165) is 0 Å². The Morgan fingerprint density at radius 1 is 1.13 bits per heavy atom. The van der Waals surface area contributed by atoms with Gasteiger partial charge in [-0.2, -0.15) is 0 Å². The fourth-order valence-corrected chi connectivity index (χ4v) is 1.95. The summed E-state index contributed by atoms with van der Waals surface area (Å²) in [6, 6.07) is 0. The summed E-state index contributed by atoms with van der Waals surface area (Å²) in [5, 5.41) is 17.9. The minimum Gasteiger partial charge on any atom is -0.505 e. The number of aliphatic hydroxyl groups excluding tert-OH is 1. The van der Waals surface area contributed by atoms with E-state index < -0.39 is 16.1 Å². The van der Waals surface area contributed by atoms with Crippen LogP contribution in [0.15, 0.2) is 0 Å². The van der Waals surface area contributed by atoms with E-state index in [2.05, 4.69) is 4.98 Å². The van der Waals surface area contributed by atoms with Crippen LogP contribution >= 0.6 is 58.0 Å². The van der Waals surface area contributed by atoms with Crippen LogP contribution in [0.25, 0.3) is 0 Å². The summed E-state index contributed by atoms with van der Waals surface area (Å²) in [5.41, 5.74) is -0.194. The Balaban J connectivity index is 3.49. The Labute approximate surface area is 110 Å². The number of nitrogens with zero attached hydrogens (tertiary/aromatic N) is 1. The molecule has 0 atom stereocenters. The zero-order chi connectivity index (χ0) is 11.8. The minimum absolute atomic E-state index is 0.0140. The highest BCUT2D eigenvalue weighted by Crippen LogP contribution is 2.46.